The van der Waals surface area contributed by atoms with Crippen LogP contribution in [0.5, 0.6) is 0 Å². The molecule has 10 nitrogen and oxygen atoms in total. The van der Waals surface area contributed by atoms with Crippen molar-refractivity contribution >= 4 is 26.6 Å². The van der Waals surface area contributed by atoms with Crippen LogP contribution in [0.15, 0.2) is 71.3 Å². The SMILES string of the molecule is C=C(CC)c1ccc(-n2cnn(-c3ccc(S(=O)(=O)CC)c(-c4nc5cc(C(F)(F)C(F)(F)F)cnc5n4C)n3)c2=O)cc1. The summed E-state index contributed by atoms with van der Waals surface area (Å²) < 4.78 is 96.4. The van der Waals surface area contributed by atoms with Gasteiger partial charge in [-0.15, -0.1) is 0 Å². The number of benzene rings is 1. The highest BCUT2D eigenvalue weighted by Gasteiger charge is 2.59. The van der Waals surface area contributed by atoms with Crippen molar-refractivity contribution in [1.82, 2.24) is 33.9 Å². The fourth-order valence-electron chi connectivity index (χ4n) is 4.44. The van der Waals surface area contributed by atoms with Gasteiger partial charge in [0.15, 0.2) is 27.1 Å². The smallest absolute Gasteiger partial charge is 0.310 e. The molecule has 0 aliphatic heterocycles. The van der Waals surface area contributed by atoms with Crippen LogP contribution < -0.4 is 5.69 Å². The van der Waals surface area contributed by atoms with E-state index in [1.54, 1.807) is 12.1 Å². The number of imidazole rings is 1. The molecular weight excluding hydrogens is 609 g/mol. The Morgan fingerprint density at radius 1 is 1.00 bits per heavy atom. The van der Waals surface area contributed by atoms with E-state index in [1.807, 2.05) is 19.1 Å². The van der Waals surface area contributed by atoms with Gasteiger partial charge in [-0.2, -0.15) is 31.7 Å². The van der Waals surface area contributed by atoms with Gasteiger partial charge in [0.1, 0.15) is 17.5 Å². The molecule has 0 aliphatic carbocycles. The van der Waals surface area contributed by atoms with E-state index < -0.39 is 33.2 Å². The Morgan fingerprint density at radius 3 is 2.30 bits per heavy atom. The molecule has 0 unspecified atom stereocenters. The number of aryl methyl sites for hydroxylation is 1. The fraction of sp³-hybridized carbons (Fsp3) is 0.250. The number of allylic oxidation sites excluding steroid dienone is 1. The van der Waals surface area contributed by atoms with Crippen LogP contribution in [0.25, 0.3) is 39.8 Å². The highest BCUT2D eigenvalue weighted by Crippen LogP contribution is 2.44. The molecule has 230 valence electrons. The first kappa shape index (κ1) is 30.7. The summed E-state index contributed by atoms with van der Waals surface area (Å²) in [5, 5.41) is 4.12. The summed E-state index contributed by atoms with van der Waals surface area (Å²) in [6.45, 7) is 7.35. The maximum Gasteiger partial charge on any atom is 0.458 e. The second kappa shape index (κ2) is 10.8. The second-order valence-corrected chi connectivity index (χ2v) is 12.0. The summed E-state index contributed by atoms with van der Waals surface area (Å²) >= 11 is 0. The van der Waals surface area contributed by atoms with Gasteiger partial charge in [0.05, 0.1) is 21.9 Å². The number of rotatable bonds is 8. The molecule has 0 bridgehead atoms. The van der Waals surface area contributed by atoms with Crippen LogP contribution in [0.3, 0.4) is 0 Å². The largest absolute Gasteiger partial charge is 0.458 e. The van der Waals surface area contributed by atoms with Crippen LogP contribution in [-0.2, 0) is 22.8 Å². The van der Waals surface area contributed by atoms with Gasteiger partial charge >= 0.3 is 17.8 Å². The first-order chi connectivity index (χ1) is 20.6. The Bertz CT molecular complexity index is 2080. The number of aromatic nitrogens is 7. The van der Waals surface area contributed by atoms with Crippen molar-refractivity contribution < 1.29 is 30.4 Å². The fourth-order valence-corrected chi connectivity index (χ4v) is 5.46. The van der Waals surface area contributed by atoms with Crippen molar-refractivity contribution in [1.29, 1.82) is 0 Å². The number of hydrogen-bond acceptors (Lipinski definition) is 7. The van der Waals surface area contributed by atoms with Crippen LogP contribution in [0, 0.1) is 0 Å². The van der Waals surface area contributed by atoms with Gasteiger partial charge in [0.25, 0.3) is 0 Å². The summed E-state index contributed by atoms with van der Waals surface area (Å²) in [6.07, 6.45) is -3.49. The van der Waals surface area contributed by atoms with E-state index in [9.17, 15) is 35.2 Å². The van der Waals surface area contributed by atoms with Gasteiger partial charge in [-0.3, -0.25) is 0 Å². The minimum absolute atomic E-state index is 0.0981. The van der Waals surface area contributed by atoms with E-state index >= 15 is 0 Å². The average molecular weight is 634 g/mol. The summed E-state index contributed by atoms with van der Waals surface area (Å²) in [4.78, 5) is 25.3. The Balaban J connectivity index is 1.65. The number of fused-ring (bicyclic) bond motifs is 1. The monoisotopic (exact) mass is 633 g/mol. The molecule has 0 radical (unpaired) electrons. The molecule has 0 saturated carbocycles. The molecule has 0 N–H and O–H groups in total. The molecule has 44 heavy (non-hydrogen) atoms. The number of halogens is 5. The zero-order valence-electron chi connectivity index (χ0n) is 23.5. The van der Waals surface area contributed by atoms with E-state index in [1.165, 1.54) is 41.6 Å². The number of nitrogens with zero attached hydrogens (tertiary/aromatic N) is 7. The third kappa shape index (κ3) is 5.08. The van der Waals surface area contributed by atoms with Gasteiger partial charge in [0.2, 0.25) is 0 Å². The van der Waals surface area contributed by atoms with E-state index in [0.29, 0.717) is 18.0 Å². The molecule has 0 spiro atoms. The van der Waals surface area contributed by atoms with Crippen LogP contribution in [0.2, 0.25) is 0 Å². The number of alkyl halides is 5. The van der Waals surface area contributed by atoms with Crippen LogP contribution in [0.1, 0.15) is 31.4 Å². The van der Waals surface area contributed by atoms with Gasteiger partial charge in [-0.1, -0.05) is 32.6 Å². The zero-order valence-corrected chi connectivity index (χ0v) is 24.3. The van der Waals surface area contributed by atoms with Crippen LogP contribution >= 0.6 is 0 Å². The van der Waals surface area contributed by atoms with Crippen LogP contribution in [0.4, 0.5) is 22.0 Å². The van der Waals surface area contributed by atoms with Crippen molar-refractivity contribution in [2.24, 2.45) is 7.05 Å². The standard InChI is InChI=1S/C28H24F5N7O3S/c1-5-16(3)17-7-9-19(10-8-17)39-15-35-40(26(39)41)22-12-11-21(44(42,43)6-2)23(37-22)25-36-20-13-18(14-34-24(20)38(25)4)27(29,30)28(31,32)33/h7-15H,3,5-6H2,1-2,4H3. The lowest BCUT2D eigenvalue weighted by Crippen LogP contribution is -2.33. The second-order valence-electron chi connectivity index (χ2n) is 9.75. The van der Waals surface area contributed by atoms with Crippen molar-refractivity contribution in [3.8, 4) is 23.0 Å². The normalized spacial score (nSPS) is 12.6. The summed E-state index contributed by atoms with van der Waals surface area (Å²) in [5.41, 5.74) is -0.499. The Labute approximate surface area is 247 Å². The molecule has 0 fully saturated rings. The number of hydrogen-bond donors (Lipinski definition) is 0. The summed E-state index contributed by atoms with van der Waals surface area (Å²) in [7, 11) is -2.60. The maximum atomic E-state index is 14.0. The first-order valence-electron chi connectivity index (χ1n) is 13.1. The molecule has 1 aromatic carbocycles. The van der Waals surface area contributed by atoms with E-state index in [2.05, 4.69) is 26.6 Å². The maximum absolute atomic E-state index is 14.0. The molecule has 16 heteroatoms. The molecule has 4 heterocycles. The molecule has 0 atom stereocenters. The average Bonchev–Trinajstić information content (AvgIpc) is 3.54. The van der Waals surface area contributed by atoms with Crippen molar-refractivity contribution in [3.63, 3.8) is 0 Å². The van der Waals surface area contributed by atoms with Crippen LogP contribution in [-0.4, -0.2) is 54.2 Å². The molecule has 4 aromatic heterocycles. The predicted octanol–water partition coefficient (Wildman–Crippen LogP) is 5.24. The minimum Gasteiger partial charge on any atom is -0.310 e. The summed E-state index contributed by atoms with van der Waals surface area (Å²) in [6, 6.07) is 10.0. The number of sulfone groups is 1. The zero-order chi connectivity index (χ0) is 32.2. The lowest BCUT2D eigenvalue weighted by Gasteiger charge is -2.19. The molecule has 5 rings (SSSR count). The van der Waals surface area contributed by atoms with Gasteiger partial charge < -0.3 is 4.57 Å². The van der Waals surface area contributed by atoms with Crippen molar-refractivity contribution in [2.45, 2.75) is 37.3 Å². The first-order valence-corrected chi connectivity index (χ1v) is 14.7. The molecule has 0 saturated heterocycles. The van der Waals surface area contributed by atoms with Crippen molar-refractivity contribution in [2.75, 3.05) is 5.75 Å². The topological polar surface area (TPSA) is 118 Å². The molecule has 0 amide bonds. The molecule has 5 aromatic rings. The van der Waals surface area contributed by atoms with Gasteiger partial charge in [-0.05, 0) is 47.9 Å². The third-order valence-corrected chi connectivity index (χ3v) is 8.83. The lowest BCUT2D eigenvalue weighted by atomic mass is 10.1. The lowest BCUT2D eigenvalue weighted by molar-refractivity contribution is -0.289. The molecule has 0 aliphatic rings. The third-order valence-electron chi connectivity index (χ3n) is 7.07. The van der Waals surface area contributed by atoms with Crippen molar-refractivity contribution in [3.05, 3.63) is 83.2 Å². The van der Waals surface area contributed by atoms with E-state index in [4.69, 9.17) is 0 Å². The summed E-state index contributed by atoms with van der Waals surface area (Å²) in [5.74, 6) is -5.85. The van der Waals surface area contributed by atoms with Gasteiger partial charge in [0, 0.05) is 13.2 Å². The van der Waals surface area contributed by atoms with Gasteiger partial charge in [-0.25, -0.2) is 32.7 Å². The highest BCUT2D eigenvalue weighted by atomic mass is 32.2. The van der Waals surface area contributed by atoms with E-state index in [-0.39, 0.29) is 39.1 Å². The minimum atomic E-state index is -5.87. The Kier molecular flexibility index (Phi) is 7.52. The quantitative estimate of drug-likeness (QED) is 0.215. The Morgan fingerprint density at radius 2 is 1.68 bits per heavy atom. The highest BCUT2D eigenvalue weighted by molar-refractivity contribution is 7.91. The predicted molar refractivity (Wildman–Crippen MR) is 151 cm³/mol. The Hall–Kier alpha value is -4.73. The number of pyridine rings is 2. The molecular formula is C28H24F5N7O3S. The van der Waals surface area contributed by atoms with E-state index in [0.717, 1.165) is 22.2 Å².